The lowest BCUT2D eigenvalue weighted by molar-refractivity contribution is -0.267. The third-order valence-electron chi connectivity index (χ3n) is 26.9. The number of nitrogens with one attached hydrogen (secondary N) is 7. The fourth-order valence-electron chi connectivity index (χ4n) is 17.9. The number of cyclic esters (lactones) is 2. The van der Waals surface area contributed by atoms with Gasteiger partial charge in [-0.2, -0.15) is 0 Å². The summed E-state index contributed by atoms with van der Waals surface area (Å²) in [5.41, 5.74) is 6.74. The van der Waals surface area contributed by atoms with E-state index in [0.717, 1.165) is 0 Å². The predicted octanol–water partition coefficient (Wildman–Crippen LogP) is 5.55. The number of allylic oxidation sites excluding steroid dienone is 5. The second-order valence-corrected chi connectivity index (χ2v) is 38.0. The maximum Gasteiger partial charge on any atom is 0.325 e. The van der Waals surface area contributed by atoms with Crippen molar-refractivity contribution in [3.63, 3.8) is 0 Å². The summed E-state index contributed by atoms with van der Waals surface area (Å²) in [5, 5.41) is 128. The molecule has 4 fully saturated rings. The summed E-state index contributed by atoms with van der Waals surface area (Å²) >= 11 is 0. The van der Waals surface area contributed by atoms with Crippen molar-refractivity contribution in [2.75, 3.05) is 13.1 Å². The van der Waals surface area contributed by atoms with E-state index < -0.39 is 192 Å². The minimum atomic E-state index is -1.48. The zero-order valence-electron chi connectivity index (χ0n) is 79.6. The molecular weight excluding hydrogens is 1720 g/mol. The van der Waals surface area contributed by atoms with Crippen LogP contribution in [-0.4, -0.2) is 254 Å². The van der Waals surface area contributed by atoms with Gasteiger partial charge in [-0.25, -0.2) is 10.9 Å². The summed E-state index contributed by atoms with van der Waals surface area (Å²) < 4.78 is 18.6. The van der Waals surface area contributed by atoms with Gasteiger partial charge in [-0.05, 0) is 162 Å². The number of carbonyl (C=O) groups excluding carboxylic acids is 12. The number of ether oxygens (including phenoxy) is 3. The molecule has 133 heavy (non-hydrogen) atoms. The first-order valence-corrected chi connectivity index (χ1v) is 47.0. The number of phenolic OH excluding ortho intramolecular Hbond substituents is 2. The summed E-state index contributed by atoms with van der Waals surface area (Å²) in [4.78, 5) is 161. The zero-order chi connectivity index (χ0) is 98.6. The number of amides is 7. The van der Waals surface area contributed by atoms with Crippen LogP contribution in [0, 0.1) is 65.1 Å². The number of hydrogen-bond acceptors (Lipinski definition) is 27. The minimum absolute atomic E-state index is 0.0247. The quantitative estimate of drug-likeness (QED) is 0.0265. The monoisotopic (exact) mass is 1860 g/mol. The molecule has 0 aliphatic carbocycles. The van der Waals surface area contributed by atoms with Crippen molar-refractivity contribution in [1.82, 2.24) is 47.5 Å². The lowest BCUT2D eigenvalue weighted by atomic mass is 9.69. The molecule has 34 nitrogen and oxygen atoms in total. The van der Waals surface area contributed by atoms with Crippen LogP contribution in [-0.2, 0) is 84.6 Å². The van der Waals surface area contributed by atoms with Gasteiger partial charge in [0.15, 0.2) is 0 Å². The Bertz CT molecular complexity index is 4460. The zero-order valence-corrected chi connectivity index (χ0v) is 79.6. The van der Waals surface area contributed by atoms with Crippen molar-refractivity contribution in [3.05, 3.63) is 132 Å². The average molecular weight is 1860 g/mol. The fourth-order valence-corrected chi connectivity index (χ4v) is 17.9. The number of Topliss-reactive ketones (excluding diaryl/α,β-unsaturated/α-hetero) is 2. The van der Waals surface area contributed by atoms with Crippen LogP contribution < -0.4 is 37.4 Å². The molecule has 6 aliphatic heterocycles. The Balaban J connectivity index is 0.000000395. The van der Waals surface area contributed by atoms with Crippen molar-refractivity contribution in [3.8, 4) is 11.5 Å². The molecule has 2 unspecified atom stereocenters. The van der Waals surface area contributed by atoms with E-state index in [9.17, 15) is 109 Å². The van der Waals surface area contributed by atoms with Gasteiger partial charge >= 0.3 is 11.9 Å². The number of aldehydes is 1. The molecule has 0 aromatic heterocycles. The molecule has 2 aromatic rings. The van der Waals surface area contributed by atoms with Crippen LogP contribution in [0.5, 0.6) is 11.5 Å². The van der Waals surface area contributed by atoms with Crippen LogP contribution in [0.3, 0.4) is 0 Å². The van der Waals surface area contributed by atoms with E-state index >= 15 is 0 Å². The first kappa shape index (κ1) is 110. The van der Waals surface area contributed by atoms with E-state index in [1.54, 1.807) is 110 Å². The Kier molecular flexibility index (Phi) is 43.4. The van der Waals surface area contributed by atoms with Gasteiger partial charge in [0.2, 0.25) is 29.5 Å². The molecule has 1 spiro atoms. The molecule has 2 aromatic carbocycles. The second-order valence-electron chi connectivity index (χ2n) is 38.0. The third kappa shape index (κ3) is 31.7. The number of benzene rings is 2. The highest BCUT2D eigenvalue weighted by Gasteiger charge is 2.58. The molecule has 0 saturated carbocycles. The molecule has 8 rings (SSSR count). The standard InChI is InChI=1S/C60H93N5O15.C39H54N4O10/c1-11-41-28-35(6)60(63-55(41)74)39(10)53(72)38(9)51(80-60)31-48(70)33(4)22-25-47(69)49(71)27-34(5)50-21-14-12-13-20-46(68)37(8)54(73)43(24-23-36(7)66)56(75)62-52(32(2)3)57(76)61-45(30-40-17-15-18-42(67)29-40)58(77)65-26-16-19-44(64-65)59(78)79-50;1-23(2)34-37(50)40-31(22-27-11-9-12-28(46)21-27)38(51)43-19-10-13-30(42-43)39(52)53-33(24(3)18-20-44)15-8-6-7-14-32(47)26(5)35(48)29(36(49)41-34)17-16-25(4)45/h12-15,17-18,20,27,29,32-33,35,37-39,41,43-54,64,67-73H,11,16,19,21-26,28,30-31H2,1-10H3,(H,61,76)(H,62,75)(H,63,74);6-9,11-12,14,18,20-21,23,26,29-35,42,46-48H,10,13,15-17,19,22H2,1-5H3,(H,40,50)(H,41,49)/b14-12+,20-13+,34-27+;8-6+,14-7+,24-18+/t33-,35-,37-,38-,39-,41-,43+,44?,45-,46-,47-,48-,49-,50-,51-,52-,53-,54+,60+;26-,29+,30?,31-,32-,33-,34-,35+/m00/s1. The number of hydrogen-bond donors (Lipinski definition) is 17. The summed E-state index contributed by atoms with van der Waals surface area (Å²) in [6, 6.07) is 5.52. The molecule has 6 aliphatic rings. The molecule has 738 valence electrons. The number of rotatable bonds is 24. The average Bonchev–Trinajstić information content (AvgIpc) is 0.736. The number of carbonyl (C=O) groups is 12. The number of hydrazine groups is 2. The van der Waals surface area contributed by atoms with Crippen LogP contribution in [0.2, 0.25) is 0 Å². The Morgan fingerprint density at radius 1 is 0.564 bits per heavy atom. The Morgan fingerprint density at radius 3 is 1.44 bits per heavy atom. The highest BCUT2D eigenvalue weighted by Crippen LogP contribution is 2.47. The molecule has 7 amide bonds. The molecular formula is C99H147N9O25. The fraction of sp³-hybridized carbons (Fsp3) is 0.636. The summed E-state index contributed by atoms with van der Waals surface area (Å²) in [6.45, 7) is 25.8. The number of fused-ring (bicyclic) bond motifs is 4. The normalized spacial score (nSPS) is 33.0. The molecule has 27 atom stereocenters. The minimum Gasteiger partial charge on any atom is -0.508 e. The topological polar surface area (TPSA) is 526 Å². The van der Waals surface area contributed by atoms with E-state index in [-0.39, 0.29) is 142 Å². The smallest absolute Gasteiger partial charge is 0.325 e. The van der Waals surface area contributed by atoms with Gasteiger partial charge in [0.25, 0.3) is 11.8 Å². The maximum atomic E-state index is 14.6. The molecule has 4 bridgehead atoms. The number of aliphatic hydroxyl groups is 8. The molecule has 17 N–H and O–H groups in total. The molecule has 34 heteroatoms. The highest BCUT2D eigenvalue weighted by molar-refractivity contribution is 5.95. The van der Waals surface area contributed by atoms with Gasteiger partial charge in [0.1, 0.15) is 83.5 Å². The molecule has 6 heterocycles. The van der Waals surface area contributed by atoms with Crippen LogP contribution in [0.15, 0.2) is 120 Å². The Hall–Kier alpha value is -9.72. The van der Waals surface area contributed by atoms with Gasteiger partial charge in [0.05, 0.1) is 66.8 Å². The first-order valence-electron chi connectivity index (χ1n) is 47.0. The van der Waals surface area contributed by atoms with E-state index in [1.807, 2.05) is 34.6 Å². The highest BCUT2D eigenvalue weighted by atomic mass is 16.6. The van der Waals surface area contributed by atoms with Gasteiger partial charge < -0.3 is 101 Å². The van der Waals surface area contributed by atoms with Gasteiger partial charge in [-0.15, -0.1) is 0 Å². The van der Waals surface area contributed by atoms with Crippen LogP contribution >= 0.6 is 0 Å². The molecule has 4 saturated heterocycles. The van der Waals surface area contributed by atoms with E-state index in [2.05, 4.69) is 37.4 Å². The Morgan fingerprint density at radius 2 is 1.02 bits per heavy atom. The van der Waals surface area contributed by atoms with Crippen LogP contribution in [0.4, 0.5) is 0 Å². The third-order valence-corrected chi connectivity index (χ3v) is 26.9. The Labute approximate surface area is 781 Å². The molecule has 0 radical (unpaired) electrons. The van der Waals surface area contributed by atoms with E-state index in [0.29, 0.717) is 67.1 Å². The van der Waals surface area contributed by atoms with Gasteiger partial charge in [-0.1, -0.05) is 155 Å². The number of aromatic hydroxyl groups is 2. The van der Waals surface area contributed by atoms with E-state index in [1.165, 1.54) is 78.5 Å². The number of piperidine rings is 1. The lowest BCUT2D eigenvalue weighted by Gasteiger charge is -2.56. The SMILES string of the molecule is CC(=O)CC[C@H]1C(=O)N[C@@H](C(C)C)C(=O)N[C@@H](Cc2cccc(O)c2)C(=O)N2CCCC(N2)C(=O)O[C@H](/C(C)=C/C=O)C/C=C/C=C/[C@H](O)[C@H](C)[C@H]1O.CC[C@H]1C[C@H](C)[C@@]2(NC1=O)O[C@@H](C[C@H](O)[C@@H](C)CC[C@H](O)[C@@H](O)/C=C(\C)[C@@H]1C/C=C/C=C/[C@H](O)[C@H](C)[C@@H](O)[C@@H](CCC(C)=O)C(=O)N[C@@H](C(C)C)C(=O)N[C@@H](Cc3cccc(O)c3)C(=O)N3CCCC(N3)C(=O)O1)[C@H](C)[C@H](O)[C@@H]2C. The summed E-state index contributed by atoms with van der Waals surface area (Å²) in [5.74, 6) is -12.7. The van der Waals surface area contributed by atoms with Crippen molar-refractivity contribution in [1.29, 1.82) is 0 Å². The number of aliphatic hydroxyl groups excluding tert-OH is 8. The van der Waals surface area contributed by atoms with Crippen molar-refractivity contribution in [2.45, 2.75) is 322 Å². The summed E-state index contributed by atoms with van der Waals surface area (Å²) in [6.07, 6.45) is 6.60. The maximum absolute atomic E-state index is 14.6. The van der Waals surface area contributed by atoms with Gasteiger partial charge in [0, 0.05) is 93.5 Å². The van der Waals surface area contributed by atoms with Crippen molar-refractivity contribution in [2.24, 2.45) is 65.1 Å². The number of nitrogens with zero attached hydrogens (tertiary/aromatic N) is 2. The van der Waals surface area contributed by atoms with Crippen LogP contribution in [0.25, 0.3) is 0 Å². The van der Waals surface area contributed by atoms with Crippen molar-refractivity contribution < 1.29 is 123 Å². The number of esters is 2. The van der Waals surface area contributed by atoms with Crippen LogP contribution in [0.1, 0.15) is 211 Å². The first-order chi connectivity index (χ1) is 62.8. The lowest BCUT2D eigenvalue weighted by Crippen LogP contribution is -2.71. The van der Waals surface area contributed by atoms with Crippen molar-refractivity contribution >= 4 is 71.1 Å². The van der Waals surface area contributed by atoms with Gasteiger partial charge in [-0.3, -0.25) is 58.0 Å². The number of ketones is 2. The van der Waals surface area contributed by atoms with E-state index in [4.69, 9.17) is 14.2 Å². The summed E-state index contributed by atoms with van der Waals surface area (Å²) in [7, 11) is 0. The number of phenols is 2. The predicted molar refractivity (Wildman–Crippen MR) is 494 cm³/mol. The largest absolute Gasteiger partial charge is 0.508 e. The second kappa shape index (κ2) is 52.4.